The third-order valence-corrected chi connectivity index (χ3v) is 5.72. The van der Waals surface area contributed by atoms with Gasteiger partial charge in [-0.1, -0.05) is 17.4 Å². The van der Waals surface area contributed by atoms with Gasteiger partial charge in [0, 0.05) is 33.9 Å². The summed E-state index contributed by atoms with van der Waals surface area (Å²) in [5.74, 6) is -0.219. The SMILES string of the molecule is CC(NC(=O)c1ccc2ncccc2c1)c1cnc(Nc2ccc(C(F)(F)F)cc2)s1. The van der Waals surface area contributed by atoms with Crippen LogP contribution in [0.4, 0.5) is 24.0 Å². The Morgan fingerprint density at radius 2 is 1.84 bits per heavy atom. The van der Waals surface area contributed by atoms with Crippen molar-refractivity contribution in [1.82, 2.24) is 15.3 Å². The Kier molecular flexibility index (Phi) is 5.60. The Labute approximate surface area is 180 Å². The summed E-state index contributed by atoms with van der Waals surface area (Å²) in [6.07, 6.45) is -1.04. The largest absolute Gasteiger partial charge is 0.416 e. The van der Waals surface area contributed by atoms with E-state index in [0.29, 0.717) is 16.4 Å². The predicted molar refractivity (Wildman–Crippen MR) is 114 cm³/mol. The molecule has 0 saturated heterocycles. The number of benzene rings is 2. The van der Waals surface area contributed by atoms with Crippen LogP contribution in [0.15, 0.2) is 67.0 Å². The van der Waals surface area contributed by atoms with E-state index in [1.165, 1.54) is 23.5 Å². The van der Waals surface area contributed by atoms with Gasteiger partial charge in [-0.05, 0) is 55.5 Å². The van der Waals surface area contributed by atoms with Gasteiger partial charge in [0.15, 0.2) is 5.13 Å². The van der Waals surface area contributed by atoms with Gasteiger partial charge in [-0.2, -0.15) is 13.2 Å². The molecular weight excluding hydrogens is 425 g/mol. The molecule has 5 nitrogen and oxygen atoms in total. The molecule has 1 atom stereocenters. The molecule has 2 N–H and O–H groups in total. The van der Waals surface area contributed by atoms with Gasteiger partial charge < -0.3 is 10.6 Å². The summed E-state index contributed by atoms with van der Waals surface area (Å²) in [6.45, 7) is 1.84. The number of rotatable bonds is 5. The van der Waals surface area contributed by atoms with Crippen molar-refractivity contribution in [2.75, 3.05) is 5.32 Å². The normalized spacial score (nSPS) is 12.5. The van der Waals surface area contributed by atoms with Gasteiger partial charge in [-0.3, -0.25) is 9.78 Å². The summed E-state index contributed by atoms with van der Waals surface area (Å²) in [5.41, 5.74) is 1.13. The minimum Gasteiger partial charge on any atom is -0.345 e. The van der Waals surface area contributed by atoms with Gasteiger partial charge in [0.2, 0.25) is 0 Å². The van der Waals surface area contributed by atoms with Crippen molar-refractivity contribution in [1.29, 1.82) is 0 Å². The van der Waals surface area contributed by atoms with Crippen molar-refractivity contribution < 1.29 is 18.0 Å². The van der Waals surface area contributed by atoms with Crippen molar-refractivity contribution >= 4 is 39.0 Å². The number of carbonyl (C=O) groups is 1. The van der Waals surface area contributed by atoms with Gasteiger partial charge in [-0.25, -0.2) is 4.98 Å². The number of carbonyl (C=O) groups excluding carboxylic acids is 1. The van der Waals surface area contributed by atoms with Gasteiger partial charge in [-0.15, -0.1) is 0 Å². The number of thiazole rings is 1. The van der Waals surface area contributed by atoms with Crippen LogP contribution in [-0.2, 0) is 6.18 Å². The van der Waals surface area contributed by atoms with E-state index in [2.05, 4.69) is 20.6 Å². The number of hydrogen-bond donors (Lipinski definition) is 2. The molecule has 0 radical (unpaired) electrons. The van der Waals surface area contributed by atoms with E-state index in [9.17, 15) is 18.0 Å². The van der Waals surface area contributed by atoms with E-state index in [0.717, 1.165) is 27.9 Å². The Hall–Kier alpha value is -3.46. The lowest BCUT2D eigenvalue weighted by Crippen LogP contribution is -2.26. The average Bonchev–Trinajstić information content (AvgIpc) is 3.22. The molecule has 0 spiro atoms. The van der Waals surface area contributed by atoms with E-state index in [4.69, 9.17) is 0 Å². The summed E-state index contributed by atoms with van der Waals surface area (Å²) in [4.78, 5) is 21.9. The lowest BCUT2D eigenvalue weighted by atomic mass is 10.1. The van der Waals surface area contributed by atoms with Gasteiger partial charge >= 0.3 is 6.18 Å². The molecule has 2 aromatic carbocycles. The Morgan fingerprint density at radius 3 is 2.58 bits per heavy atom. The quantitative estimate of drug-likeness (QED) is 0.401. The van der Waals surface area contributed by atoms with Crippen LogP contribution in [0.25, 0.3) is 10.9 Å². The topological polar surface area (TPSA) is 66.9 Å². The minimum atomic E-state index is -4.37. The van der Waals surface area contributed by atoms with Crippen molar-refractivity contribution in [2.45, 2.75) is 19.1 Å². The smallest absolute Gasteiger partial charge is 0.345 e. The first-order valence-corrected chi connectivity index (χ1v) is 10.2. The zero-order chi connectivity index (χ0) is 22.0. The molecule has 1 unspecified atom stereocenters. The number of alkyl halides is 3. The van der Waals surface area contributed by atoms with Crippen LogP contribution >= 0.6 is 11.3 Å². The molecule has 2 aromatic heterocycles. The number of aromatic nitrogens is 2. The molecule has 31 heavy (non-hydrogen) atoms. The summed E-state index contributed by atoms with van der Waals surface area (Å²) in [5, 5.41) is 7.32. The zero-order valence-electron chi connectivity index (χ0n) is 16.3. The first-order valence-electron chi connectivity index (χ1n) is 9.35. The van der Waals surface area contributed by atoms with Crippen LogP contribution in [0.2, 0.25) is 0 Å². The standard InChI is InChI=1S/C22H17F3N4OS/c1-13(28-20(30)15-4-9-18-14(11-15)3-2-10-26-18)19-12-27-21(31-19)29-17-7-5-16(6-8-17)22(23,24)25/h2-13H,1H3,(H,27,29)(H,28,30). The fourth-order valence-electron chi connectivity index (χ4n) is 2.98. The van der Waals surface area contributed by atoms with E-state index in [-0.39, 0.29) is 11.9 Å². The third kappa shape index (κ3) is 4.83. The maximum Gasteiger partial charge on any atom is 0.416 e. The van der Waals surface area contributed by atoms with Gasteiger partial charge in [0.05, 0.1) is 17.1 Å². The average molecular weight is 442 g/mol. The summed E-state index contributed by atoms with van der Waals surface area (Å²) in [7, 11) is 0. The van der Waals surface area contributed by atoms with Crippen LogP contribution in [-0.4, -0.2) is 15.9 Å². The zero-order valence-corrected chi connectivity index (χ0v) is 17.1. The number of fused-ring (bicyclic) bond motifs is 1. The van der Waals surface area contributed by atoms with Crippen molar-refractivity contribution in [3.05, 3.63) is 83.0 Å². The molecule has 0 aliphatic heterocycles. The number of nitrogens with one attached hydrogen (secondary N) is 2. The highest BCUT2D eigenvalue weighted by Crippen LogP contribution is 2.31. The van der Waals surface area contributed by atoms with Crippen molar-refractivity contribution in [3.8, 4) is 0 Å². The maximum absolute atomic E-state index is 12.7. The number of hydrogen-bond acceptors (Lipinski definition) is 5. The van der Waals surface area contributed by atoms with Crippen LogP contribution < -0.4 is 10.6 Å². The highest BCUT2D eigenvalue weighted by atomic mass is 32.1. The fraction of sp³-hybridized carbons (Fsp3) is 0.136. The molecule has 1 amide bonds. The van der Waals surface area contributed by atoms with Crippen LogP contribution in [0.5, 0.6) is 0 Å². The highest BCUT2D eigenvalue weighted by molar-refractivity contribution is 7.15. The van der Waals surface area contributed by atoms with E-state index in [1.54, 1.807) is 30.6 Å². The first kappa shape index (κ1) is 20.8. The van der Waals surface area contributed by atoms with Gasteiger partial charge in [0.25, 0.3) is 5.91 Å². The second-order valence-corrected chi connectivity index (χ2v) is 7.94. The summed E-state index contributed by atoms with van der Waals surface area (Å²) < 4.78 is 38.0. The lowest BCUT2D eigenvalue weighted by molar-refractivity contribution is -0.137. The second kappa shape index (κ2) is 8.35. The molecule has 0 aliphatic carbocycles. The number of pyridine rings is 1. The van der Waals surface area contributed by atoms with Crippen LogP contribution in [0.1, 0.15) is 33.8 Å². The Morgan fingerprint density at radius 1 is 1.06 bits per heavy atom. The summed E-state index contributed by atoms with van der Waals surface area (Å²) >= 11 is 1.32. The molecule has 0 aliphatic rings. The number of halogens is 3. The molecule has 4 aromatic rings. The fourth-order valence-corrected chi connectivity index (χ4v) is 3.82. The van der Waals surface area contributed by atoms with Gasteiger partial charge in [0.1, 0.15) is 0 Å². The molecule has 158 valence electrons. The molecular formula is C22H17F3N4OS. The van der Waals surface area contributed by atoms with Crippen molar-refractivity contribution in [2.24, 2.45) is 0 Å². The predicted octanol–water partition coefficient (Wildman–Crippen LogP) is 5.94. The Bertz CT molecular complexity index is 1220. The minimum absolute atomic E-state index is 0.219. The van der Waals surface area contributed by atoms with Crippen molar-refractivity contribution in [3.63, 3.8) is 0 Å². The van der Waals surface area contributed by atoms with E-state index in [1.807, 2.05) is 19.1 Å². The third-order valence-electron chi connectivity index (χ3n) is 4.63. The molecule has 0 fully saturated rings. The highest BCUT2D eigenvalue weighted by Gasteiger charge is 2.30. The van der Waals surface area contributed by atoms with Crippen LogP contribution in [0.3, 0.4) is 0 Å². The lowest BCUT2D eigenvalue weighted by Gasteiger charge is -2.12. The molecule has 4 rings (SSSR count). The second-order valence-electron chi connectivity index (χ2n) is 6.87. The Balaban J connectivity index is 1.41. The molecule has 0 bridgehead atoms. The van der Waals surface area contributed by atoms with E-state index >= 15 is 0 Å². The molecule has 2 heterocycles. The molecule has 0 saturated carbocycles. The van der Waals surface area contributed by atoms with Crippen LogP contribution in [0, 0.1) is 0 Å². The maximum atomic E-state index is 12.7. The first-order chi connectivity index (χ1) is 14.8. The monoisotopic (exact) mass is 442 g/mol. The summed E-state index contributed by atoms with van der Waals surface area (Å²) in [6, 6.07) is 13.5. The molecule has 9 heteroatoms. The number of anilines is 2. The number of nitrogens with zero attached hydrogens (tertiary/aromatic N) is 2. The van der Waals surface area contributed by atoms with E-state index < -0.39 is 11.7 Å². The number of amides is 1.